The van der Waals surface area contributed by atoms with Gasteiger partial charge in [-0.15, -0.1) is 0 Å². The van der Waals surface area contributed by atoms with Gasteiger partial charge in [0.05, 0.1) is 12.8 Å². The number of hydrogen-bond donors (Lipinski definition) is 1. The Morgan fingerprint density at radius 3 is 2.94 bits per heavy atom. The second-order valence-electron chi connectivity index (χ2n) is 3.27. The van der Waals surface area contributed by atoms with E-state index in [0.29, 0.717) is 10.4 Å². The average Bonchev–Trinajstić information content (AvgIpc) is 2.27. The fraction of sp³-hybridized carbons (Fsp3) is 0.182. The molecule has 4 nitrogen and oxygen atoms in total. The maximum Gasteiger partial charge on any atom is 0.146 e. The molecular weight excluding hydrogens is 222 g/mol. The molecule has 0 aliphatic carbocycles. The van der Waals surface area contributed by atoms with Crippen LogP contribution in [0.15, 0.2) is 24.4 Å². The first-order valence-electron chi connectivity index (χ1n) is 4.78. The molecule has 0 saturated carbocycles. The van der Waals surface area contributed by atoms with E-state index in [9.17, 15) is 0 Å². The summed E-state index contributed by atoms with van der Waals surface area (Å²) in [5.41, 5.74) is 1.55. The third-order valence-electron chi connectivity index (χ3n) is 2.11. The Balaban J connectivity index is 2.62. The molecule has 0 fully saturated rings. The summed E-state index contributed by atoms with van der Waals surface area (Å²) in [6.07, 6.45) is 1.71. The van der Waals surface area contributed by atoms with Gasteiger partial charge in [0.15, 0.2) is 0 Å². The Morgan fingerprint density at radius 2 is 2.25 bits per heavy atom. The average molecular weight is 233 g/mol. The summed E-state index contributed by atoms with van der Waals surface area (Å²) in [6.45, 7) is 1.86. The van der Waals surface area contributed by atoms with Crippen LogP contribution in [0.25, 0.3) is 11.4 Å². The Hall–Kier alpha value is -1.75. The maximum atomic E-state index is 5.24. The summed E-state index contributed by atoms with van der Waals surface area (Å²) < 4.78 is 5.78. The first-order chi connectivity index (χ1) is 7.70. The zero-order chi connectivity index (χ0) is 11.5. The number of ether oxygens (including phenoxy) is 1. The number of nitrogens with zero attached hydrogens (tertiary/aromatic N) is 2. The van der Waals surface area contributed by atoms with Gasteiger partial charge in [0.2, 0.25) is 0 Å². The summed E-state index contributed by atoms with van der Waals surface area (Å²) in [7, 11) is 1.61. The lowest BCUT2D eigenvalue weighted by atomic mass is 10.2. The summed E-state index contributed by atoms with van der Waals surface area (Å²) in [4.78, 5) is 11.5. The fourth-order valence-electron chi connectivity index (χ4n) is 1.47. The Bertz CT molecular complexity index is 565. The number of rotatable bonds is 2. The molecule has 5 heteroatoms. The number of pyridine rings is 1. The first kappa shape index (κ1) is 10.8. The van der Waals surface area contributed by atoms with E-state index in [0.717, 1.165) is 17.2 Å². The summed E-state index contributed by atoms with van der Waals surface area (Å²) in [6, 6.07) is 5.45. The van der Waals surface area contributed by atoms with Crippen molar-refractivity contribution in [2.24, 2.45) is 0 Å². The number of methoxy groups -OCH3 is 1. The molecule has 0 aliphatic rings. The monoisotopic (exact) mass is 233 g/mol. The number of nitrogens with one attached hydrogen (secondary N) is 1. The van der Waals surface area contributed by atoms with Gasteiger partial charge in [-0.1, -0.05) is 12.2 Å². The van der Waals surface area contributed by atoms with Crippen molar-refractivity contribution >= 4 is 12.2 Å². The largest absolute Gasteiger partial charge is 0.494 e. The minimum atomic E-state index is 0.541. The minimum Gasteiger partial charge on any atom is -0.494 e. The Morgan fingerprint density at radius 1 is 1.44 bits per heavy atom. The van der Waals surface area contributed by atoms with Gasteiger partial charge in [-0.05, 0) is 19.1 Å². The van der Waals surface area contributed by atoms with Gasteiger partial charge in [0.25, 0.3) is 0 Å². The molecule has 82 valence electrons. The predicted octanol–water partition coefficient (Wildman–Crippen LogP) is 2.52. The summed E-state index contributed by atoms with van der Waals surface area (Å²) >= 11 is 5.07. The van der Waals surface area contributed by atoms with Crippen LogP contribution in [0.3, 0.4) is 0 Å². The predicted molar refractivity (Wildman–Crippen MR) is 63.9 cm³/mol. The molecule has 0 unspecified atom stereocenters. The van der Waals surface area contributed by atoms with Crippen molar-refractivity contribution in [1.29, 1.82) is 0 Å². The Labute approximate surface area is 98.3 Å². The molecule has 0 saturated heterocycles. The van der Waals surface area contributed by atoms with Crippen molar-refractivity contribution in [2.75, 3.05) is 7.11 Å². The van der Waals surface area contributed by atoms with Crippen LogP contribution >= 0.6 is 12.2 Å². The minimum absolute atomic E-state index is 0.541. The molecule has 2 rings (SSSR count). The molecule has 2 aromatic heterocycles. The van der Waals surface area contributed by atoms with Crippen LogP contribution in [0, 0.1) is 11.6 Å². The fourth-order valence-corrected chi connectivity index (χ4v) is 1.72. The second kappa shape index (κ2) is 4.40. The van der Waals surface area contributed by atoms with Crippen LogP contribution in [0.1, 0.15) is 5.82 Å². The molecule has 2 heterocycles. The van der Waals surface area contributed by atoms with E-state index < -0.39 is 0 Å². The molecule has 0 atom stereocenters. The number of hydrogen-bond acceptors (Lipinski definition) is 4. The zero-order valence-electron chi connectivity index (χ0n) is 9.02. The van der Waals surface area contributed by atoms with E-state index in [-0.39, 0.29) is 0 Å². The highest BCUT2D eigenvalue weighted by molar-refractivity contribution is 7.71. The van der Waals surface area contributed by atoms with Gasteiger partial charge in [0, 0.05) is 12.3 Å². The van der Waals surface area contributed by atoms with Gasteiger partial charge in [-0.25, -0.2) is 4.98 Å². The molecular formula is C11H11N3OS. The van der Waals surface area contributed by atoms with Crippen LogP contribution in [-0.4, -0.2) is 22.1 Å². The number of aryl methyl sites for hydroxylation is 1. The molecule has 0 bridgehead atoms. The maximum absolute atomic E-state index is 5.24. The van der Waals surface area contributed by atoms with Gasteiger partial charge in [0.1, 0.15) is 21.9 Å². The molecule has 0 amide bonds. The van der Waals surface area contributed by atoms with E-state index in [1.165, 1.54) is 0 Å². The van der Waals surface area contributed by atoms with E-state index in [1.54, 1.807) is 19.4 Å². The molecule has 0 aromatic carbocycles. The smallest absolute Gasteiger partial charge is 0.146 e. The highest BCUT2D eigenvalue weighted by atomic mass is 32.1. The van der Waals surface area contributed by atoms with Crippen LogP contribution in [-0.2, 0) is 0 Å². The van der Waals surface area contributed by atoms with Crippen LogP contribution in [0.2, 0.25) is 0 Å². The summed E-state index contributed by atoms with van der Waals surface area (Å²) in [5, 5.41) is 0. The van der Waals surface area contributed by atoms with Crippen LogP contribution in [0.4, 0.5) is 0 Å². The van der Waals surface area contributed by atoms with Crippen molar-refractivity contribution < 1.29 is 4.74 Å². The van der Waals surface area contributed by atoms with Crippen LogP contribution in [0.5, 0.6) is 5.75 Å². The van der Waals surface area contributed by atoms with Crippen molar-refractivity contribution in [3.05, 3.63) is 34.9 Å². The lowest BCUT2D eigenvalue weighted by Gasteiger charge is -2.07. The quantitative estimate of drug-likeness (QED) is 0.810. The highest BCUT2D eigenvalue weighted by Gasteiger charge is 2.07. The third kappa shape index (κ3) is 2.09. The molecule has 2 aromatic rings. The van der Waals surface area contributed by atoms with Crippen LogP contribution < -0.4 is 4.74 Å². The molecule has 1 N–H and O–H groups in total. The summed E-state index contributed by atoms with van der Waals surface area (Å²) in [5.74, 6) is 1.47. The van der Waals surface area contributed by atoms with Crippen molar-refractivity contribution in [2.45, 2.75) is 6.92 Å². The standard InChI is InChI=1S/C11H11N3OS/c1-7-13-8(6-10(16)14-7)11-9(15-2)4-3-5-12-11/h3-6H,1-2H3,(H,13,14,16). The molecule has 0 aliphatic heterocycles. The van der Waals surface area contributed by atoms with E-state index in [2.05, 4.69) is 15.0 Å². The highest BCUT2D eigenvalue weighted by Crippen LogP contribution is 2.25. The number of H-pyrrole nitrogens is 1. The first-order valence-corrected chi connectivity index (χ1v) is 5.19. The van der Waals surface area contributed by atoms with E-state index in [1.807, 2.05) is 19.1 Å². The third-order valence-corrected chi connectivity index (χ3v) is 2.32. The van der Waals surface area contributed by atoms with Gasteiger partial charge in [-0.2, -0.15) is 0 Å². The zero-order valence-corrected chi connectivity index (χ0v) is 9.84. The van der Waals surface area contributed by atoms with Gasteiger partial charge < -0.3 is 9.72 Å². The number of aromatic amines is 1. The molecule has 0 radical (unpaired) electrons. The number of aromatic nitrogens is 3. The lowest BCUT2D eigenvalue weighted by molar-refractivity contribution is 0.414. The topological polar surface area (TPSA) is 50.8 Å². The SMILES string of the molecule is COc1cccnc1-c1cc(=S)nc(C)[nH]1. The second-order valence-corrected chi connectivity index (χ2v) is 3.69. The van der Waals surface area contributed by atoms with E-state index in [4.69, 9.17) is 17.0 Å². The molecule has 0 spiro atoms. The normalized spacial score (nSPS) is 10.1. The van der Waals surface area contributed by atoms with E-state index >= 15 is 0 Å². The van der Waals surface area contributed by atoms with Crippen molar-refractivity contribution in [3.63, 3.8) is 0 Å². The lowest BCUT2D eigenvalue weighted by Crippen LogP contribution is -1.96. The molecule has 16 heavy (non-hydrogen) atoms. The van der Waals surface area contributed by atoms with Gasteiger partial charge in [-0.3, -0.25) is 4.98 Å². The Kier molecular flexibility index (Phi) is 2.96. The van der Waals surface area contributed by atoms with Crippen molar-refractivity contribution in [3.8, 4) is 17.1 Å². The van der Waals surface area contributed by atoms with Gasteiger partial charge >= 0.3 is 0 Å². The van der Waals surface area contributed by atoms with Crippen molar-refractivity contribution in [1.82, 2.24) is 15.0 Å².